The van der Waals surface area contributed by atoms with Crippen LogP contribution in [0.1, 0.15) is 78.6 Å². The fraction of sp³-hybridized carbons (Fsp3) is 1.00. The Hall–Kier alpha value is 0. The second kappa shape index (κ2) is 5.78. The van der Waals surface area contributed by atoms with Gasteiger partial charge in [-0.1, -0.05) is 72.1 Å². The highest BCUT2D eigenvalue weighted by Gasteiger charge is 2.18. The molecule has 0 aromatic rings. The second-order valence-electron chi connectivity index (χ2n) is 6.33. The summed E-state index contributed by atoms with van der Waals surface area (Å²) in [5.74, 6) is 1.02. The lowest BCUT2D eigenvalue weighted by Gasteiger charge is -2.25. The average molecular weight is 196 g/mol. The van der Waals surface area contributed by atoms with Crippen LogP contribution in [0, 0.1) is 11.3 Å². The van der Waals surface area contributed by atoms with Crippen LogP contribution in [0.3, 0.4) is 0 Å². The van der Waals surface area contributed by atoms with E-state index in [1.165, 1.54) is 57.8 Å². The van der Waals surface area contributed by atoms with Gasteiger partial charge in [-0.2, -0.15) is 0 Å². The molecule has 0 radical (unpaired) electrons. The number of rotatable bonds is 1. The highest BCUT2D eigenvalue weighted by Crippen LogP contribution is 2.32. The molecular formula is C14H28. The number of hydrogen-bond acceptors (Lipinski definition) is 0. The van der Waals surface area contributed by atoms with Gasteiger partial charge >= 0.3 is 0 Å². The fourth-order valence-electron chi connectivity index (χ4n) is 2.79. The van der Waals surface area contributed by atoms with Crippen molar-refractivity contribution >= 4 is 0 Å². The summed E-state index contributed by atoms with van der Waals surface area (Å²) >= 11 is 0. The van der Waals surface area contributed by atoms with Gasteiger partial charge in [0, 0.05) is 0 Å². The van der Waals surface area contributed by atoms with Gasteiger partial charge in [0.15, 0.2) is 0 Å². The molecule has 0 unspecified atom stereocenters. The standard InChI is InChI=1S/C14H28/c1-14(2,3)12-13-10-8-6-4-5-7-9-11-13/h13H,4-12H2,1-3H3. The van der Waals surface area contributed by atoms with Crippen LogP contribution in [0.5, 0.6) is 0 Å². The Bertz CT molecular complexity index is 131. The van der Waals surface area contributed by atoms with Crippen LogP contribution < -0.4 is 0 Å². The van der Waals surface area contributed by atoms with Crippen molar-refractivity contribution in [3.05, 3.63) is 0 Å². The topological polar surface area (TPSA) is 0 Å². The zero-order chi connectivity index (χ0) is 10.4. The van der Waals surface area contributed by atoms with E-state index in [4.69, 9.17) is 0 Å². The minimum absolute atomic E-state index is 0.540. The van der Waals surface area contributed by atoms with Gasteiger partial charge in [-0.25, -0.2) is 0 Å². The minimum atomic E-state index is 0.540. The molecule has 14 heavy (non-hydrogen) atoms. The first kappa shape index (κ1) is 12.1. The molecule has 0 amide bonds. The van der Waals surface area contributed by atoms with E-state index >= 15 is 0 Å². The van der Waals surface area contributed by atoms with E-state index < -0.39 is 0 Å². The van der Waals surface area contributed by atoms with Gasteiger partial charge in [0.25, 0.3) is 0 Å². The molecule has 84 valence electrons. The molecule has 1 aliphatic carbocycles. The summed E-state index contributed by atoms with van der Waals surface area (Å²) in [6, 6.07) is 0. The normalized spacial score (nSPS) is 22.5. The SMILES string of the molecule is CC(C)(C)CC1CCCCCCCC1. The first-order chi connectivity index (χ1) is 6.58. The van der Waals surface area contributed by atoms with Gasteiger partial charge in [-0.3, -0.25) is 0 Å². The lowest BCUT2D eigenvalue weighted by molar-refractivity contribution is 0.264. The third kappa shape index (κ3) is 5.67. The highest BCUT2D eigenvalue weighted by molar-refractivity contribution is 4.70. The summed E-state index contributed by atoms with van der Waals surface area (Å²) in [5, 5.41) is 0. The van der Waals surface area contributed by atoms with E-state index in [9.17, 15) is 0 Å². The van der Waals surface area contributed by atoms with Crippen LogP contribution in [0.4, 0.5) is 0 Å². The van der Waals surface area contributed by atoms with Crippen LogP contribution >= 0.6 is 0 Å². The lowest BCUT2D eigenvalue weighted by Crippen LogP contribution is -2.13. The molecule has 0 heterocycles. The van der Waals surface area contributed by atoms with Crippen molar-refractivity contribution in [2.75, 3.05) is 0 Å². The Balaban J connectivity index is 2.32. The van der Waals surface area contributed by atoms with Gasteiger partial charge in [-0.15, -0.1) is 0 Å². The van der Waals surface area contributed by atoms with Crippen molar-refractivity contribution in [3.8, 4) is 0 Å². The molecule has 1 fully saturated rings. The van der Waals surface area contributed by atoms with Crippen LogP contribution in [0.15, 0.2) is 0 Å². The third-order valence-corrected chi connectivity index (χ3v) is 3.38. The van der Waals surface area contributed by atoms with E-state index in [2.05, 4.69) is 20.8 Å². The van der Waals surface area contributed by atoms with Crippen molar-refractivity contribution in [1.29, 1.82) is 0 Å². The Labute approximate surface area is 90.5 Å². The molecule has 0 saturated heterocycles. The maximum atomic E-state index is 2.39. The molecule has 0 N–H and O–H groups in total. The molecule has 0 aromatic heterocycles. The van der Waals surface area contributed by atoms with Crippen molar-refractivity contribution in [2.45, 2.75) is 78.6 Å². The summed E-state index contributed by atoms with van der Waals surface area (Å²) in [4.78, 5) is 0. The van der Waals surface area contributed by atoms with Gasteiger partial charge in [0.2, 0.25) is 0 Å². The van der Waals surface area contributed by atoms with Gasteiger partial charge in [0.1, 0.15) is 0 Å². The molecule has 1 saturated carbocycles. The molecule has 1 rings (SSSR count). The predicted octanol–water partition coefficient (Wildman–Crippen LogP) is 5.17. The molecular weight excluding hydrogens is 168 g/mol. The Kier molecular flexibility index (Phi) is 4.98. The predicted molar refractivity (Wildman–Crippen MR) is 64.5 cm³/mol. The molecule has 0 nitrogen and oxygen atoms in total. The average Bonchev–Trinajstić information content (AvgIpc) is 2.15. The molecule has 0 aliphatic heterocycles. The Morgan fingerprint density at radius 3 is 1.64 bits per heavy atom. The van der Waals surface area contributed by atoms with Gasteiger partial charge < -0.3 is 0 Å². The van der Waals surface area contributed by atoms with Crippen molar-refractivity contribution in [2.24, 2.45) is 11.3 Å². The summed E-state index contributed by atoms with van der Waals surface area (Å²) in [5.41, 5.74) is 0.540. The van der Waals surface area contributed by atoms with E-state index in [0.29, 0.717) is 5.41 Å². The first-order valence-electron chi connectivity index (χ1n) is 6.58. The lowest BCUT2D eigenvalue weighted by atomic mass is 9.80. The quantitative estimate of drug-likeness (QED) is 0.542. The maximum Gasteiger partial charge on any atom is -0.0380 e. The monoisotopic (exact) mass is 196 g/mol. The van der Waals surface area contributed by atoms with Crippen molar-refractivity contribution in [3.63, 3.8) is 0 Å². The maximum absolute atomic E-state index is 2.39. The van der Waals surface area contributed by atoms with Crippen LogP contribution in [-0.2, 0) is 0 Å². The second-order valence-corrected chi connectivity index (χ2v) is 6.33. The van der Waals surface area contributed by atoms with Gasteiger partial charge in [0.05, 0.1) is 0 Å². The fourth-order valence-corrected chi connectivity index (χ4v) is 2.79. The third-order valence-electron chi connectivity index (χ3n) is 3.38. The molecule has 0 bridgehead atoms. The zero-order valence-electron chi connectivity index (χ0n) is 10.4. The van der Waals surface area contributed by atoms with E-state index in [1.807, 2.05) is 0 Å². The molecule has 0 heteroatoms. The Morgan fingerprint density at radius 1 is 0.786 bits per heavy atom. The van der Waals surface area contributed by atoms with Crippen LogP contribution in [0.2, 0.25) is 0 Å². The zero-order valence-corrected chi connectivity index (χ0v) is 10.4. The smallest absolute Gasteiger partial charge is 0.0380 e. The summed E-state index contributed by atoms with van der Waals surface area (Å²) < 4.78 is 0. The Morgan fingerprint density at radius 2 is 1.21 bits per heavy atom. The van der Waals surface area contributed by atoms with E-state index in [0.717, 1.165) is 5.92 Å². The summed E-state index contributed by atoms with van der Waals surface area (Å²) in [7, 11) is 0. The van der Waals surface area contributed by atoms with E-state index in [-0.39, 0.29) is 0 Å². The minimum Gasteiger partial charge on any atom is -0.0602 e. The van der Waals surface area contributed by atoms with Gasteiger partial charge in [-0.05, 0) is 17.8 Å². The molecule has 1 aliphatic rings. The first-order valence-corrected chi connectivity index (χ1v) is 6.58. The number of hydrogen-bond donors (Lipinski definition) is 0. The molecule has 0 spiro atoms. The van der Waals surface area contributed by atoms with E-state index in [1.54, 1.807) is 0 Å². The largest absolute Gasteiger partial charge is 0.0602 e. The molecule has 0 aromatic carbocycles. The summed E-state index contributed by atoms with van der Waals surface area (Å²) in [6.45, 7) is 7.17. The summed E-state index contributed by atoms with van der Waals surface area (Å²) in [6.07, 6.45) is 13.4. The van der Waals surface area contributed by atoms with Crippen LogP contribution in [-0.4, -0.2) is 0 Å². The highest BCUT2D eigenvalue weighted by atomic mass is 14.2. The van der Waals surface area contributed by atoms with Crippen LogP contribution in [0.25, 0.3) is 0 Å². The molecule has 0 atom stereocenters. The van der Waals surface area contributed by atoms with Crippen molar-refractivity contribution < 1.29 is 0 Å². The van der Waals surface area contributed by atoms with Crippen molar-refractivity contribution in [1.82, 2.24) is 0 Å².